The molecule has 1 aromatic rings. The average molecular weight is 381 g/mol. The van der Waals surface area contributed by atoms with E-state index < -0.39 is 0 Å². The minimum atomic E-state index is -0.373. The first-order valence-electron chi connectivity index (χ1n) is 8.63. The second-order valence-corrected chi connectivity index (χ2v) is 7.08. The highest BCUT2D eigenvalue weighted by molar-refractivity contribution is 6.01. The lowest BCUT2D eigenvalue weighted by molar-refractivity contribution is -0.125. The van der Waals surface area contributed by atoms with E-state index in [2.05, 4.69) is 22.9 Å². The highest BCUT2D eigenvalue weighted by Gasteiger charge is 2.29. The van der Waals surface area contributed by atoms with E-state index in [1.165, 1.54) is 4.90 Å². The first kappa shape index (κ1) is 20.2. The van der Waals surface area contributed by atoms with Crippen molar-refractivity contribution in [1.82, 2.24) is 20.9 Å². The average Bonchev–Trinajstić information content (AvgIpc) is 2.93. The highest BCUT2D eigenvalue weighted by atomic mass is 35.5. The van der Waals surface area contributed by atoms with Gasteiger partial charge in [0.05, 0.1) is 13.1 Å². The van der Waals surface area contributed by atoms with Gasteiger partial charge in [0.15, 0.2) is 0 Å². The minimum absolute atomic E-state index is 0. The van der Waals surface area contributed by atoms with E-state index in [4.69, 9.17) is 0 Å². The van der Waals surface area contributed by atoms with Crippen molar-refractivity contribution >= 4 is 30.3 Å². The van der Waals surface area contributed by atoms with Crippen LogP contribution in [0.25, 0.3) is 0 Å². The fourth-order valence-corrected chi connectivity index (χ4v) is 3.16. The van der Waals surface area contributed by atoms with Gasteiger partial charge in [0.1, 0.15) is 0 Å². The topological polar surface area (TPSA) is 90.5 Å². The van der Waals surface area contributed by atoms with E-state index in [1.807, 2.05) is 0 Å². The smallest absolute Gasteiger partial charge is 0.324 e. The number of rotatable bonds is 5. The molecule has 0 saturated carbocycles. The molecule has 0 radical (unpaired) electrons. The maximum atomic E-state index is 12.3. The summed E-state index contributed by atoms with van der Waals surface area (Å²) in [7, 11) is 0. The molecule has 3 N–H and O–H groups in total. The van der Waals surface area contributed by atoms with E-state index in [9.17, 15) is 14.4 Å². The number of urea groups is 1. The second-order valence-electron chi connectivity index (χ2n) is 7.08. The van der Waals surface area contributed by atoms with Crippen molar-refractivity contribution < 1.29 is 14.4 Å². The summed E-state index contributed by atoms with van der Waals surface area (Å²) in [4.78, 5) is 36.7. The van der Waals surface area contributed by atoms with Crippen LogP contribution >= 0.6 is 12.4 Å². The number of hydrogen-bond donors (Lipinski definition) is 3. The normalized spacial score (nSPS) is 18.9. The molecule has 0 spiro atoms. The van der Waals surface area contributed by atoms with Crippen LogP contribution in [0.1, 0.15) is 35.7 Å². The zero-order chi connectivity index (χ0) is 17.9. The second kappa shape index (κ2) is 8.51. The van der Waals surface area contributed by atoms with Gasteiger partial charge in [0.2, 0.25) is 5.91 Å². The number of nitrogens with one attached hydrogen (secondary N) is 3. The molecule has 4 amide bonds. The van der Waals surface area contributed by atoms with Crippen LogP contribution in [0.4, 0.5) is 4.79 Å². The molecule has 2 saturated heterocycles. The van der Waals surface area contributed by atoms with Crippen molar-refractivity contribution in [3.05, 3.63) is 35.4 Å². The number of nitrogens with zero attached hydrogens (tertiary/aromatic N) is 1. The third-order valence-electron chi connectivity index (χ3n) is 4.98. The molecule has 26 heavy (non-hydrogen) atoms. The van der Waals surface area contributed by atoms with Crippen molar-refractivity contribution in [2.75, 3.05) is 26.2 Å². The molecule has 142 valence electrons. The molecule has 1 aromatic carbocycles. The fraction of sp³-hybridized carbons (Fsp3) is 0.500. The third kappa shape index (κ3) is 4.74. The SMILES string of the molecule is CC1(CNC(=O)c2ccc(CN3C(=O)CNC3=O)cc2)CCNCC1.Cl. The van der Waals surface area contributed by atoms with Gasteiger partial charge >= 0.3 is 6.03 Å². The van der Waals surface area contributed by atoms with Gasteiger partial charge in [-0.3, -0.25) is 14.5 Å². The van der Waals surface area contributed by atoms with Crippen LogP contribution in [-0.4, -0.2) is 48.9 Å². The van der Waals surface area contributed by atoms with E-state index in [1.54, 1.807) is 24.3 Å². The monoisotopic (exact) mass is 380 g/mol. The van der Waals surface area contributed by atoms with Crippen LogP contribution in [0.3, 0.4) is 0 Å². The lowest BCUT2D eigenvalue weighted by Gasteiger charge is -2.34. The zero-order valence-corrected chi connectivity index (χ0v) is 15.7. The fourth-order valence-electron chi connectivity index (χ4n) is 3.16. The van der Waals surface area contributed by atoms with Crippen molar-refractivity contribution in [2.45, 2.75) is 26.3 Å². The van der Waals surface area contributed by atoms with Gasteiger partial charge < -0.3 is 16.0 Å². The Hall–Kier alpha value is -2.12. The number of amides is 4. The molecule has 0 aromatic heterocycles. The van der Waals surface area contributed by atoms with Gasteiger partial charge in [-0.05, 0) is 49.0 Å². The number of piperidine rings is 1. The standard InChI is InChI=1S/C18H24N4O3.ClH/c1-18(6-8-19-9-7-18)12-21-16(24)14-4-2-13(3-5-14)11-22-15(23)10-20-17(22)25;/h2-5,19H,6-12H2,1H3,(H,20,25)(H,21,24);1H. The first-order valence-corrected chi connectivity index (χ1v) is 8.63. The predicted molar refractivity (Wildman–Crippen MR) is 100 cm³/mol. The van der Waals surface area contributed by atoms with Gasteiger partial charge in [0.25, 0.3) is 5.91 Å². The minimum Gasteiger partial charge on any atom is -0.351 e. The summed E-state index contributed by atoms with van der Waals surface area (Å²) < 4.78 is 0. The predicted octanol–water partition coefficient (Wildman–Crippen LogP) is 1.28. The molecule has 2 aliphatic heterocycles. The highest BCUT2D eigenvalue weighted by Crippen LogP contribution is 2.26. The summed E-state index contributed by atoms with van der Waals surface area (Å²) in [6.07, 6.45) is 2.11. The van der Waals surface area contributed by atoms with Gasteiger partial charge in [-0.25, -0.2) is 4.79 Å². The molecule has 0 aliphatic carbocycles. The van der Waals surface area contributed by atoms with Crippen molar-refractivity contribution in [3.8, 4) is 0 Å². The van der Waals surface area contributed by atoms with Crippen molar-refractivity contribution in [2.24, 2.45) is 5.41 Å². The van der Waals surface area contributed by atoms with E-state index in [0.717, 1.165) is 31.5 Å². The maximum Gasteiger partial charge on any atom is 0.324 e. The van der Waals surface area contributed by atoms with Gasteiger partial charge in [-0.1, -0.05) is 19.1 Å². The Balaban J connectivity index is 0.00000243. The van der Waals surface area contributed by atoms with E-state index in [0.29, 0.717) is 12.1 Å². The summed E-state index contributed by atoms with van der Waals surface area (Å²) >= 11 is 0. The van der Waals surface area contributed by atoms with Crippen LogP contribution in [0.2, 0.25) is 0 Å². The summed E-state index contributed by atoms with van der Waals surface area (Å²) in [5, 5.41) is 8.84. The molecule has 2 heterocycles. The molecule has 3 rings (SSSR count). The van der Waals surface area contributed by atoms with Crippen LogP contribution in [0.15, 0.2) is 24.3 Å². The number of imide groups is 1. The summed E-state index contributed by atoms with van der Waals surface area (Å²) in [6, 6.07) is 6.64. The Morgan fingerprint density at radius 3 is 2.42 bits per heavy atom. The maximum absolute atomic E-state index is 12.3. The molecule has 8 heteroatoms. The lowest BCUT2D eigenvalue weighted by atomic mass is 9.81. The Morgan fingerprint density at radius 1 is 1.19 bits per heavy atom. The Labute approximate surface area is 159 Å². The lowest BCUT2D eigenvalue weighted by Crippen LogP contribution is -2.42. The number of carbonyl (C=O) groups is 3. The largest absolute Gasteiger partial charge is 0.351 e. The zero-order valence-electron chi connectivity index (χ0n) is 14.8. The molecule has 0 bridgehead atoms. The van der Waals surface area contributed by atoms with Gasteiger partial charge in [0, 0.05) is 12.1 Å². The Morgan fingerprint density at radius 2 is 1.85 bits per heavy atom. The summed E-state index contributed by atoms with van der Waals surface area (Å²) in [5.74, 6) is -0.330. The van der Waals surface area contributed by atoms with Crippen LogP contribution < -0.4 is 16.0 Å². The molecular formula is C18H25ClN4O3. The molecule has 0 unspecified atom stereocenters. The van der Waals surface area contributed by atoms with Gasteiger partial charge in [-0.15, -0.1) is 12.4 Å². The third-order valence-corrected chi connectivity index (χ3v) is 4.98. The molecule has 2 fully saturated rings. The van der Waals surface area contributed by atoms with E-state index in [-0.39, 0.29) is 48.8 Å². The van der Waals surface area contributed by atoms with Crippen LogP contribution in [-0.2, 0) is 11.3 Å². The number of hydrogen-bond acceptors (Lipinski definition) is 4. The van der Waals surface area contributed by atoms with Gasteiger partial charge in [-0.2, -0.15) is 0 Å². The Kier molecular flexibility index (Phi) is 6.61. The molecular weight excluding hydrogens is 356 g/mol. The first-order chi connectivity index (χ1) is 12.0. The van der Waals surface area contributed by atoms with Crippen LogP contribution in [0, 0.1) is 5.41 Å². The molecule has 7 nitrogen and oxygen atoms in total. The quantitative estimate of drug-likeness (QED) is 0.671. The Bertz CT molecular complexity index is 656. The van der Waals surface area contributed by atoms with Crippen molar-refractivity contribution in [1.29, 1.82) is 0 Å². The molecule has 2 aliphatic rings. The summed E-state index contributed by atoms with van der Waals surface area (Å²) in [6.45, 7) is 5.12. The number of benzene rings is 1. The summed E-state index contributed by atoms with van der Waals surface area (Å²) in [5.41, 5.74) is 1.54. The molecule has 0 atom stereocenters. The van der Waals surface area contributed by atoms with Crippen molar-refractivity contribution in [3.63, 3.8) is 0 Å². The van der Waals surface area contributed by atoms with E-state index >= 15 is 0 Å². The number of carbonyl (C=O) groups excluding carboxylic acids is 3. The number of halogens is 1. The van der Waals surface area contributed by atoms with Crippen LogP contribution in [0.5, 0.6) is 0 Å².